The molecule has 1 aliphatic rings. The van der Waals surface area contributed by atoms with Gasteiger partial charge in [-0.15, -0.1) is 0 Å². The van der Waals surface area contributed by atoms with E-state index in [4.69, 9.17) is 5.73 Å². The Morgan fingerprint density at radius 1 is 1.25 bits per heavy atom. The summed E-state index contributed by atoms with van der Waals surface area (Å²) < 4.78 is 0. The van der Waals surface area contributed by atoms with Gasteiger partial charge in [0.05, 0.1) is 0 Å². The third kappa shape index (κ3) is 2.10. The average Bonchev–Trinajstić information content (AvgIpc) is 2.40. The number of hydrogen-bond donors (Lipinski definition) is 2. The Morgan fingerprint density at radius 2 is 1.69 bits per heavy atom. The lowest BCUT2D eigenvalue weighted by atomic mass is 10.00. The van der Waals surface area contributed by atoms with Gasteiger partial charge >= 0.3 is 0 Å². The van der Waals surface area contributed by atoms with E-state index in [0.717, 1.165) is 6.42 Å². The zero-order valence-electron chi connectivity index (χ0n) is 11.5. The molecule has 3 N–H and O–H groups in total. The van der Waals surface area contributed by atoms with Crippen molar-refractivity contribution in [2.24, 2.45) is 22.5 Å². The van der Waals surface area contributed by atoms with Crippen LogP contribution in [0.25, 0.3) is 0 Å². The maximum Gasteiger partial charge on any atom is 0.224 e. The predicted molar refractivity (Wildman–Crippen MR) is 66.9 cm³/mol. The lowest BCUT2D eigenvalue weighted by Gasteiger charge is -2.26. The van der Waals surface area contributed by atoms with Crippen LogP contribution in [0.3, 0.4) is 0 Å². The van der Waals surface area contributed by atoms with E-state index in [1.807, 2.05) is 13.8 Å². The molecule has 0 aromatic carbocycles. The van der Waals surface area contributed by atoms with Crippen LogP contribution >= 0.6 is 0 Å². The quantitative estimate of drug-likeness (QED) is 0.769. The molecule has 0 unspecified atom stereocenters. The second kappa shape index (κ2) is 3.73. The summed E-state index contributed by atoms with van der Waals surface area (Å²) in [6.07, 6.45) is 0.812. The second-order valence-electron chi connectivity index (χ2n) is 6.79. The Balaban J connectivity index is 2.63. The lowest BCUT2D eigenvalue weighted by Crippen LogP contribution is -2.46. The number of amides is 1. The van der Waals surface area contributed by atoms with Gasteiger partial charge in [0.1, 0.15) is 0 Å². The fourth-order valence-electron chi connectivity index (χ4n) is 2.68. The SMILES string of the molecule is CC(C)(CCN)NC(=O)C1C(C)(C)C1(C)C. The van der Waals surface area contributed by atoms with Crippen molar-refractivity contribution in [1.82, 2.24) is 5.32 Å². The number of carbonyl (C=O) groups excluding carboxylic acids is 1. The largest absolute Gasteiger partial charge is 0.351 e. The van der Waals surface area contributed by atoms with Crippen molar-refractivity contribution in [1.29, 1.82) is 0 Å². The highest BCUT2D eigenvalue weighted by atomic mass is 16.2. The third-order valence-electron chi connectivity index (χ3n) is 4.51. The Labute approximate surface area is 99.2 Å². The van der Waals surface area contributed by atoms with Gasteiger partial charge in [-0.2, -0.15) is 0 Å². The fraction of sp³-hybridized carbons (Fsp3) is 0.923. The van der Waals surface area contributed by atoms with E-state index in [1.165, 1.54) is 0 Å². The van der Waals surface area contributed by atoms with Crippen LogP contribution in [0.15, 0.2) is 0 Å². The second-order valence-corrected chi connectivity index (χ2v) is 6.79. The summed E-state index contributed by atoms with van der Waals surface area (Å²) >= 11 is 0. The van der Waals surface area contributed by atoms with Crippen LogP contribution in [0.1, 0.15) is 48.0 Å². The van der Waals surface area contributed by atoms with Crippen molar-refractivity contribution in [3.05, 3.63) is 0 Å². The number of carbonyl (C=O) groups is 1. The Morgan fingerprint density at radius 3 is 2.00 bits per heavy atom. The van der Waals surface area contributed by atoms with Crippen LogP contribution in [0.2, 0.25) is 0 Å². The minimum absolute atomic E-state index is 0.107. The van der Waals surface area contributed by atoms with E-state index < -0.39 is 0 Å². The molecule has 1 aliphatic carbocycles. The smallest absolute Gasteiger partial charge is 0.224 e. The first kappa shape index (κ1) is 13.5. The minimum Gasteiger partial charge on any atom is -0.351 e. The van der Waals surface area contributed by atoms with Crippen molar-refractivity contribution < 1.29 is 4.79 Å². The van der Waals surface area contributed by atoms with Crippen LogP contribution in [-0.2, 0) is 4.79 Å². The van der Waals surface area contributed by atoms with E-state index in [2.05, 4.69) is 33.0 Å². The van der Waals surface area contributed by atoms with E-state index in [1.54, 1.807) is 0 Å². The monoisotopic (exact) mass is 226 g/mol. The van der Waals surface area contributed by atoms with Gasteiger partial charge in [0.15, 0.2) is 0 Å². The summed E-state index contributed by atoms with van der Waals surface area (Å²) in [6.45, 7) is 13.3. The fourth-order valence-corrected chi connectivity index (χ4v) is 2.68. The summed E-state index contributed by atoms with van der Waals surface area (Å²) in [7, 11) is 0. The highest BCUT2D eigenvalue weighted by Gasteiger charge is 2.68. The summed E-state index contributed by atoms with van der Waals surface area (Å²) in [4.78, 5) is 12.2. The molecule has 0 spiro atoms. The van der Waals surface area contributed by atoms with Gasteiger partial charge in [-0.3, -0.25) is 4.79 Å². The molecule has 1 saturated carbocycles. The molecule has 3 heteroatoms. The zero-order valence-corrected chi connectivity index (χ0v) is 11.5. The maximum absolute atomic E-state index is 12.2. The number of nitrogens with two attached hydrogens (primary N) is 1. The number of hydrogen-bond acceptors (Lipinski definition) is 2. The van der Waals surface area contributed by atoms with Crippen molar-refractivity contribution in [2.75, 3.05) is 6.54 Å². The summed E-state index contributed by atoms with van der Waals surface area (Å²) in [6, 6.07) is 0. The normalized spacial score (nSPS) is 22.9. The van der Waals surface area contributed by atoms with E-state index >= 15 is 0 Å². The molecular formula is C13H26N2O. The summed E-state index contributed by atoms with van der Waals surface area (Å²) in [5.74, 6) is 0.297. The highest BCUT2D eigenvalue weighted by Crippen LogP contribution is 2.68. The van der Waals surface area contributed by atoms with Crippen molar-refractivity contribution in [3.63, 3.8) is 0 Å². The van der Waals surface area contributed by atoms with Crippen molar-refractivity contribution >= 4 is 5.91 Å². The van der Waals surface area contributed by atoms with Crippen LogP contribution in [0.5, 0.6) is 0 Å². The lowest BCUT2D eigenvalue weighted by molar-refractivity contribution is -0.125. The summed E-state index contributed by atoms with van der Waals surface area (Å²) in [5.41, 5.74) is 5.56. The molecule has 0 aromatic rings. The Hall–Kier alpha value is -0.570. The van der Waals surface area contributed by atoms with Crippen LogP contribution in [-0.4, -0.2) is 18.0 Å². The molecule has 1 fully saturated rings. The van der Waals surface area contributed by atoms with Crippen LogP contribution < -0.4 is 11.1 Å². The molecule has 1 rings (SSSR count). The molecular weight excluding hydrogens is 200 g/mol. The molecule has 0 aliphatic heterocycles. The van der Waals surface area contributed by atoms with Gasteiger partial charge in [0.25, 0.3) is 0 Å². The van der Waals surface area contributed by atoms with Gasteiger partial charge in [-0.05, 0) is 37.6 Å². The Bertz CT molecular complexity index is 278. The van der Waals surface area contributed by atoms with Gasteiger partial charge < -0.3 is 11.1 Å². The third-order valence-corrected chi connectivity index (χ3v) is 4.51. The molecule has 0 bridgehead atoms. The van der Waals surface area contributed by atoms with E-state index in [0.29, 0.717) is 6.54 Å². The summed E-state index contributed by atoms with van der Waals surface area (Å²) in [5, 5.41) is 3.11. The van der Waals surface area contributed by atoms with Crippen molar-refractivity contribution in [2.45, 2.75) is 53.5 Å². The molecule has 0 heterocycles. The van der Waals surface area contributed by atoms with E-state index in [9.17, 15) is 4.79 Å². The maximum atomic E-state index is 12.2. The van der Waals surface area contributed by atoms with Crippen LogP contribution in [0.4, 0.5) is 0 Å². The van der Waals surface area contributed by atoms with Crippen LogP contribution in [0, 0.1) is 16.7 Å². The number of nitrogens with one attached hydrogen (secondary N) is 1. The zero-order chi connectivity index (χ0) is 12.8. The van der Waals surface area contributed by atoms with E-state index in [-0.39, 0.29) is 28.2 Å². The van der Waals surface area contributed by atoms with Gasteiger partial charge in [-0.1, -0.05) is 27.7 Å². The molecule has 0 saturated heterocycles. The highest BCUT2D eigenvalue weighted by molar-refractivity contribution is 5.84. The standard InChI is InChI=1S/C13H26N2O/c1-11(2,7-8-14)15-10(16)9-12(3,4)13(9,5)6/h9H,7-8,14H2,1-6H3,(H,15,16). The predicted octanol–water partition coefficient (Wildman–Crippen LogP) is 1.91. The molecule has 1 amide bonds. The topological polar surface area (TPSA) is 55.1 Å². The molecule has 16 heavy (non-hydrogen) atoms. The molecule has 0 atom stereocenters. The van der Waals surface area contributed by atoms with Gasteiger partial charge in [0, 0.05) is 11.5 Å². The first-order chi connectivity index (χ1) is 7.06. The van der Waals surface area contributed by atoms with Gasteiger partial charge in [-0.25, -0.2) is 0 Å². The van der Waals surface area contributed by atoms with Crippen molar-refractivity contribution in [3.8, 4) is 0 Å². The molecule has 3 nitrogen and oxygen atoms in total. The first-order valence-electron chi connectivity index (χ1n) is 6.08. The molecule has 94 valence electrons. The average molecular weight is 226 g/mol. The minimum atomic E-state index is -0.194. The first-order valence-corrected chi connectivity index (χ1v) is 6.08. The molecule has 0 radical (unpaired) electrons. The number of rotatable bonds is 4. The van der Waals surface area contributed by atoms with Gasteiger partial charge in [0.2, 0.25) is 5.91 Å². The molecule has 0 aromatic heterocycles. The Kier molecular flexibility index (Phi) is 3.14.